The van der Waals surface area contributed by atoms with E-state index < -0.39 is 0 Å². The number of rotatable bonds is 6. The highest BCUT2D eigenvalue weighted by atomic mass is 127. The number of nitrogens with zero attached hydrogens (tertiary/aromatic N) is 2. The van der Waals surface area contributed by atoms with E-state index in [-0.39, 0.29) is 29.8 Å². The molecular formula is C21H26FIN4. The van der Waals surface area contributed by atoms with Crippen LogP contribution >= 0.6 is 24.0 Å². The van der Waals surface area contributed by atoms with E-state index >= 15 is 0 Å². The van der Waals surface area contributed by atoms with Crippen LogP contribution in [0.2, 0.25) is 0 Å². The number of anilines is 1. The Bertz CT molecular complexity index is 766. The van der Waals surface area contributed by atoms with Crippen molar-refractivity contribution in [3.05, 3.63) is 77.6 Å². The molecule has 4 nitrogen and oxygen atoms in total. The number of hydrogen-bond acceptors (Lipinski definition) is 2. The van der Waals surface area contributed by atoms with E-state index in [2.05, 4.69) is 56.9 Å². The SMILES string of the molecule is CCNC(=NCc1cccc(F)c1)NCc1ccc(N2CC=CC2)cc1.I. The molecule has 27 heavy (non-hydrogen) atoms. The lowest BCUT2D eigenvalue weighted by molar-refractivity contribution is 0.625. The molecule has 0 atom stereocenters. The standard InChI is InChI=1S/C21H25FN4.HI/c1-2-23-21(25-16-18-6-5-7-19(22)14-18)24-15-17-8-10-20(11-9-17)26-12-3-4-13-26;/h3-11,14H,2,12-13,15-16H2,1H3,(H2,23,24,25);1H. The zero-order valence-electron chi connectivity index (χ0n) is 15.5. The molecule has 2 aromatic rings. The average Bonchev–Trinajstić information content (AvgIpc) is 3.19. The zero-order valence-corrected chi connectivity index (χ0v) is 17.8. The molecule has 2 N–H and O–H groups in total. The third-order valence-electron chi connectivity index (χ3n) is 4.23. The van der Waals surface area contributed by atoms with Gasteiger partial charge in [-0.05, 0) is 42.3 Å². The lowest BCUT2D eigenvalue weighted by Gasteiger charge is -2.18. The molecule has 0 radical (unpaired) electrons. The maximum Gasteiger partial charge on any atom is 0.191 e. The first-order valence-corrected chi connectivity index (χ1v) is 9.00. The van der Waals surface area contributed by atoms with Crippen LogP contribution in [0.4, 0.5) is 10.1 Å². The minimum Gasteiger partial charge on any atom is -0.364 e. The molecule has 1 aliphatic rings. The molecule has 2 aromatic carbocycles. The molecule has 0 aliphatic carbocycles. The van der Waals surface area contributed by atoms with Crippen LogP contribution in [0.15, 0.2) is 65.7 Å². The van der Waals surface area contributed by atoms with Crippen LogP contribution in [0.3, 0.4) is 0 Å². The van der Waals surface area contributed by atoms with Crippen LogP contribution in [0.1, 0.15) is 18.1 Å². The third-order valence-corrected chi connectivity index (χ3v) is 4.23. The van der Waals surface area contributed by atoms with E-state index in [0.29, 0.717) is 13.1 Å². The van der Waals surface area contributed by atoms with E-state index in [0.717, 1.165) is 31.2 Å². The van der Waals surface area contributed by atoms with Gasteiger partial charge < -0.3 is 15.5 Å². The number of hydrogen-bond donors (Lipinski definition) is 2. The van der Waals surface area contributed by atoms with Gasteiger partial charge in [0.25, 0.3) is 0 Å². The van der Waals surface area contributed by atoms with Gasteiger partial charge in [-0.1, -0.05) is 36.4 Å². The molecule has 0 unspecified atom stereocenters. The number of guanidine groups is 1. The normalized spacial score (nSPS) is 13.4. The van der Waals surface area contributed by atoms with Crippen molar-refractivity contribution in [1.29, 1.82) is 0 Å². The smallest absolute Gasteiger partial charge is 0.191 e. The van der Waals surface area contributed by atoms with E-state index in [1.54, 1.807) is 6.07 Å². The largest absolute Gasteiger partial charge is 0.364 e. The predicted molar refractivity (Wildman–Crippen MR) is 121 cm³/mol. The van der Waals surface area contributed by atoms with Gasteiger partial charge in [0.2, 0.25) is 0 Å². The van der Waals surface area contributed by atoms with E-state index in [4.69, 9.17) is 0 Å². The lowest BCUT2D eigenvalue weighted by atomic mass is 10.2. The predicted octanol–water partition coefficient (Wildman–Crippen LogP) is 4.08. The van der Waals surface area contributed by atoms with Crippen LogP contribution in [0.5, 0.6) is 0 Å². The highest BCUT2D eigenvalue weighted by Crippen LogP contribution is 2.17. The van der Waals surface area contributed by atoms with Crippen molar-refractivity contribution in [3.63, 3.8) is 0 Å². The van der Waals surface area contributed by atoms with Crippen molar-refractivity contribution in [3.8, 4) is 0 Å². The Balaban J connectivity index is 0.00000261. The molecule has 0 spiro atoms. The van der Waals surface area contributed by atoms with Crippen LogP contribution in [-0.2, 0) is 13.1 Å². The highest BCUT2D eigenvalue weighted by Gasteiger charge is 2.07. The van der Waals surface area contributed by atoms with Crippen LogP contribution in [-0.4, -0.2) is 25.6 Å². The number of halogens is 2. The van der Waals surface area contributed by atoms with Gasteiger partial charge in [0, 0.05) is 31.9 Å². The van der Waals surface area contributed by atoms with Gasteiger partial charge in [0.15, 0.2) is 5.96 Å². The maximum atomic E-state index is 13.3. The minimum atomic E-state index is -0.232. The number of aliphatic imine (C=N–C) groups is 1. The lowest BCUT2D eigenvalue weighted by Crippen LogP contribution is -2.36. The molecule has 0 saturated heterocycles. The molecule has 6 heteroatoms. The summed E-state index contributed by atoms with van der Waals surface area (Å²) in [7, 11) is 0. The number of benzene rings is 2. The summed E-state index contributed by atoms with van der Waals surface area (Å²) < 4.78 is 13.3. The summed E-state index contributed by atoms with van der Waals surface area (Å²) in [4.78, 5) is 6.85. The maximum absolute atomic E-state index is 13.3. The first kappa shape index (κ1) is 21.2. The summed E-state index contributed by atoms with van der Waals surface area (Å²) in [5.41, 5.74) is 3.29. The van der Waals surface area contributed by atoms with Gasteiger partial charge in [-0.25, -0.2) is 9.38 Å². The van der Waals surface area contributed by atoms with Crippen molar-refractivity contribution >= 4 is 35.6 Å². The first-order chi connectivity index (χ1) is 12.7. The second-order valence-electron chi connectivity index (χ2n) is 6.22. The van der Waals surface area contributed by atoms with Crippen LogP contribution in [0, 0.1) is 5.82 Å². The Hall–Kier alpha value is -2.09. The Labute approximate surface area is 177 Å². The molecule has 0 saturated carbocycles. The van der Waals surface area contributed by atoms with E-state index in [1.807, 2.05) is 13.0 Å². The topological polar surface area (TPSA) is 39.7 Å². The van der Waals surface area contributed by atoms with E-state index in [1.165, 1.54) is 23.4 Å². The van der Waals surface area contributed by atoms with Crippen molar-refractivity contribution < 1.29 is 4.39 Å². The molecule has 1 heterocycles. The average molecular weight is 480 g/mol. The molecule has 0 fully saturated rings. The van der Waals surface area contributed by atoms with Gasteiger partial charge >= 0.3 is 0 Å². The van der Waals surface area contributed by atoms with Gasteiger partial charge in [-0.3, -0.25) is 0 Å². The van der Waals surface area contributed by atoms with Gasteiger partial charge in [-0.2, -0.15) is 0 Å². The Morgan fingerprint density at radius 2 is 1.78 bits per heavy atom. The summed E-state index contributed by atoms with van der Waals surface area (Å²) in [6, 6.07) is 15.1. The second kappa shape index (κ2) is 10.9. The fourth-order valence-electron chi connectivity index (χ4n) is 2.85. The molecule has 1 aliphatic heterocycles. The summed E-state index contributed by atoms with van der Waals surface area (Å²) in [5, 5.41) is 6.55. The van der Waals surface area contributed by atoms with Gasteiger partial charge in [0.1, 0.15) is 5.82 Å². The molecule has 3 rings (SSSR count). The van der Waals surface area contributed by atoms with E-state index in [9.17, 15) is 4.39 Å². The first-order valence-electron chi connectivity index (χ1n) is 9.00. The molecule has 0 aromatic heterocycles. The van der Waals surface area contributed by atoms with Gasteiger partial charge in [-0.15, -0.1) is 24.0 Å². The quantitative estimate of drug-likeness (QED) is 0.284. The van der Waals surface area contributed by atoms with Crippen molar-refractivity contribution in [1.82, 2.24) is 10.6 Å². The summed E-state index contributed by atoms with van der Waals surface area (Å²) in [5.74, 6) is 0.494. The Kier molecular flexibility index (Phi) is 8.57. The monoisotopic (exact) mass is 480 g/mol. The fourth-order valence-corrected chi connectivity index (χ4v) is 2.85. The zero-order chi connectivity index (χ0) is 18.2. The Morgan fingerprint density at radius 3 is 2.44 bits per heavy atom. The second-order valence-corrected chi connectivity index (χ2v) is 6.22. The molecule has 144 valence electrons. The van der Waals surface area contributed by atoms with Gasteiger partial charge in [0.05, 0.1) is 6.54 Å². The summed E-state index contributed by atoms with van der Waals surface area (Å²) in [6.07, 6.45) is 4.38. The van der Waals surface area contributed by atoms with Crippen molar-refractivity contribution in [2.24, 2.45) is 4.99 Å². The molecular weight excluding hydrogens is 454 g/mol. The summed E-state index contributed by atoms with van der Waals surface area (Å²) in [6.45, 7) is 5.89. The molecule has 0 bridgehead atoms. The Morgan fingerprint density at radius 1 is 1.04 bits per heavy atom. The van der Waals surface area contributed by atoms with Crippen LogP contribution < -0.4 is 15.5 Å². The molecule has 0 amide bonds. The van der Waals surface area contributed by atoms with Crippen molar-refractivity contribution in [2.75, 3.05) is 24.5 Å². The fraction of sp³-hybridized carbons (Fsp3) is 0.286. The summed E-state index contributed by atoms with van der Waals surface area (Å²) >= 11 is 0. The van der Waals surface area contributed by atoms with Crippen molar-refractivity contribution in [2.45, 2.75) is 20.0 Å². The minimum absolute atomic E-state index is 0. The third kappa shape index (κ3) is 6.53. The highest BCUT2D eigenvalue weighted by molar-refractivity contribution is 14.0. The van der Waals surface area contributed by atoms with Crippen LogP contribution in [0.25, 0.3) is 0 Å². The number of nitrogens with one attached hydrogen (secondary N) is 2.